The molecular formula is C14H14N2O3S2. The smallest absolute Gasteiger partial charge is 0.339 e. The van der Waals surface area contributed by atoms with E-state index >= 15 is 0 Å². The Labute approximate surface area is 130 Å². The summed E-state index contributed by atoms with van der Waals surface area (Å²) >= 11 is 2.88. The van der Waals surface area contributed by atoms with Crippen LogP contribution in [0.25, 0.3) is 0 Å². The van der Waals surface area contributed by atoms with Gasteiger partial charge in [0.1, 0.15) is 0 Å². The maximum atomic E-state index is 11.9. The number of amides is 1. The number of para-hydroxylation sites is 1. The standard InChI is InChI=1S/C14H14N2O3S2/c1-9-7-20-14(15-9)21-8-12(17)16-11-6-4-3-5-10(11)13(18)19-2/h3-7H,8H2,1-2H3,(H,16,17). The molecule has 0 atom stereocenters. The molecule has 21 heavy (non-hydrogen) atoms. The second-order valence-corrected chi connectivity index (χ2v) is 6.21. The zero-order chi connectivity index (χ0) is 15.2. The predicted octanol–water partition coefficient (Wildman–Crippen LogP) is 2.97. The first-order chi connectivity index (χ1) is 10.1. The van der Waals surface area contributed by atoms with Crippen molar-refractivity contribution in [2.24, 2.45) is 0 Å². The molecule has 1 heterocycles. The zero-order valence-corrected chi connectivity index (χ0v) is 13.2. The van der Waals surface area contributed by atoms with Gasteiger partial charge in [0.15, 0.2) is 4.34 Å². The summed E-state index contributed by atoms with van der Waals surface area (Å²) in [6.07, 6.45) is 0. The summed E-state index contributed by atoms with van der Waals surface area (Å²) in [7, 11) is 1.31. The molecule has 1 N–H and O–H groups in total. The highest BCUT2D eigenvalue weighted by Gasteiger charge is 2.13. The van der Waals surface area contributed by atoms with Crippen LogP contribution < -0.4 is 5.32 Å². The summed E-state index contributed by atoms with van der Waals surface area (Å²) in [6, 6.07) is 6.75. The Balaban J connectivity index is 1.98. The maximum absolute atomic E-state index is 11.9. The van der Waals surface area contributed by atoms with E-state index in [1.54, 1.807) is 24.3 Å². The fraction of sp³-hybridized carbons (Fsp3) is 0.214. The zero-order valence-electron chi connectivity index (χ0n) is 11.6. The highest BCUT2D eigenvalue weighted by Crippen LogP contribution is 2.23. The number of carbonyl (C=O) groups excluding carboxylic acids is 2. The summed E-state index contributed by atoms with van der Waals surface area (Å²) in [4.78, 5) is 27.8. The third-order valence-electron chi connectivity index (χ3n) is 2.53. The lowest BCUT2D eigenvalue weighted by molar-refractivity contribution is -0.113. The first kappa shape index (κ1) is 15.5. The molecule has 0 aliphatic carbocycles. The number of aryl methyl sites for hydroxylation is 1. The topological polar surface area (TPSA) is 68.3 Å². The van der Waals surface area contributed by atoms with Crippen LogP contribution in [0.3, 0.4) is 0 Å². The first-order valence-electron chi connectivity index (χ1n) is 6.12. The highest BCUT2D eigenvalue weighted by atomic mass is 32.2. The molecule has 110 valence electrons. The van der Waals surface area contributed by atoms with E-state index in [-0.39, 0.29) is 11.7 Å². The van der Waals surface area contributed by atoms with E-state index in [2.05, 4.69) is 15.0 Å². The van der Waals surface area contributed by atoms with Crippen LogP contribution in [-0.4, -0.2) is 29.7 Å². The van der Waals surface area contributed by atoms with Crippen LogP contribution in [0.1, 0.15) is 16.1 Å². The molecule has 0 saturated carbocycles. The van der Waals surface area contributed by atoms with E-state index < -0.39 is 5.97 Å². The number of hydrogen-bond acceptors (Lipinski definition) is 6. The molecule has 0 bridgehead atoms. The molecule has 0 radical (unpaired) electrons. The number of methoxy groups -OCH3 is 1. The van der Waals surface area contributed by atoms with Crippen LogP contribution in [0, 0.1) is 6.92 Å². The lowest BCUT2D eigenvalue weighted by atomic mass is 10.2. The van der Waals surface area contributed by atoms with Crippen molar-refractivity contribution in [1.29, 1.82) is 0 Å². The van der Waals surface area contributed by atoms with E-state index in [0.717, 1.165) is 10.0 Å². The van der Waals surface area contributed by atoms with Crippen molar-refractivity contribution in [2.75, 3.05) is 18.2 Å². The Morgan fingerprint density at radius 2 is 2.14 bits per heavy atom. The molecule has 0 spiro atoms. The number of ether oxygens (including phenoxy) is 1. The van der Waals surface area contributed by atoms with Gasteiger partial charge in [0.2, 0.25) is 5.91 Å². The number of anilines is 1. The Kier molecular flexibility index (Phi) is 5.35. The monoisotopic (exact) mass is 322 g/mol. The number of rotatable bonds is 5. The largest absolute Gasteiger partial charge is 0.465 e. The van der Waals surface area contributed by atoms with Gasteiger partial charge in [0.25, 0.3) is 0 Å². The van der Waals surface area contributed by atoms with Gasteiger partial charge >= 0.3 is 5.97 Å². The van der Waals surface area contributed by atoms with Crippen molar-refractivity contribution in [1.82, 2.24) is 4.98 Å². The highest BCUT2D eigenvalue weighted by molar-refractivity contribution is 8.01. The van der Waals surface area contributed by atoms with Gasteiger partial charge in [0.05, 0.1) is 24.1 Å². The van der Waals surface area contributed by atoms with Gasteiger partial charge in [-0.25, -0.2) is 9.78 Å². The van der Waals surface area contributed by atoms with Gasteiger partial charge in [-0.2, -0.15) is 0 Å². The second-order valence-electron chi connectivity index (χ2n) is 4.13. The number of nitrogens with one attached hydrogen (secondary N) is 1. The fourth-order valence-electron chi connectivity index (χ4n) is 1.59. The van der Waals surface area contributed by atoms with Crippen molar-refractivity contribution in [3.8, 4) is 0 Å². The maximum Gasteiger partial charge on any atom is 0.339 e. The third-order valence-corrected chi connectivity index (χ3v) is 4.67. The third kappa shape index (κ3) is 4.30. The van der Waals surface area contributed by atoms with E-state index in [4.69, 9.17) is 0 Å². The van der Waals surface area contributed by atoms with Gasteiger partial charge in [0, 0.05) is 11.1 Å². The van der Waals surface area contributed by atoms with Crippen molar-refractivity contribution in [2.45, 2.75) is 11.3 Å². The van der Waals surface area contributed by atoms with Crippen LogP contribution in [0.15, 0.2) is 34.0 Å². The molecule has 1 amide bonds. The normalized spacial score (nSPS) is 10.2. The summed E-state index contributed by atoms with van der Waals surface area (Å²) in [5, 5.41) is 4.66. The predicted molar refractivity (Wildman–Crippen MR) is 84.0 cm³/mol. The Morgan fingerprint density at radius 3 is 2.81 bits per heavy atom. The molecule has 0 aliphatic heterocycles. The summed E-state index contributed by atoms with van der Waals surface area (Å²) < 4.78 is 5.54. The van der Waals surface area contributed by atoms with Crippen LogP contribution in [0.2, 0.25) is 0 Å². The van der Waals surface area contributed by atoms with E-state index in [9.17, 15) is 9.59 Å². The number of aromatic nitrogens is 1. The molecule has 0 aliphatic rings. The van der Waals surface area contributed by atoms with E-state index in [0.29, 0.717) is 11.3 Å². The molecule has 5 nitrogen and oxygen atoms in total. The minimum atomic E-state index is -0.478. The number of thioether (sulfide) groups is 1. The molecule has 0 fully saturated rings. The summed E-state index contributed by atoms with van der Waals surface area (Å²) in [6.45, 7) is 1.91. The SMILES string of the molecule is COC(=O)c1ccccc1NC(=O)CSc1nc(C)cs1. The van der Waals surface area contributed by atoms with Crippen molar-refractivity contribution in [3.05, 3.63) is 40.9 Å². The fourth-order valence-corrected chi connectivity index (χ4v) is 3.24. The van der Waals surface area contributed by atoms with Gasteiger partial charge < -0.3 is 10.1 Å². The Morgan fingerprint density at radius 1 is 1.38 bits per heavy atom. The van der Waals surface area contributed by atoms with Gasteiger partial charge in [-0.15, -0.1) is 11.3 Å². The first-order valence-corrected chi connectivity index (χ1v) is 7.99. The Bertz CT molecular complexity index is 655. The van der Waals surface area contributed by atoms with E-state index in [1.807, 2.05) is 12.3 Å². The van der Waals surface area contributed by atoms with Crippen molar-refractivity contribution in [3.63, 3.8) is 0 Å². The average Bonchev–Trinajstić information content (AvgIpc) is 2.90. The van der Waals surface area contributed by atoms with Gasteiger partial charge in [-0.05, 0) is 19.1 Å². The molecule has 0 unspecified atom stereocenters. The quantitative estimate of drug-likeness (QED) is 0.677. The molecule has 1 aromatic heterocycles. The van der Waals surface area contributed by atoms with Crippen LogP contribution in [-0.2, 0) is 9.53 Å². The number of carbonyl (C=O) groups is 2. The number of thiazole rings is 1. The number of nitrogens with zero attached hydrogens (tertiary/aromatic N) is 1. The minimum Gasteiger partial charge on any atom is -0.465 e. The van der Waals surface area contributed by atoms with E-state index in [1.165, 1.54) is 30.2 Å². The molecule has 1 aromatic carbocycles. The lowest BCUT2D eigenvalue weighted by Crippen LogP contribution is -2.17. The van der Waals surface area contributed by atoms with Crippen LogP contribution >= 0.6 is 23.1 Å². The van der Waals surface area contributed by atoms with Gasteiger partial charge in [-0.1, -0.05) is 23.9 Å². The number of esters is 1. The lowest BCUT2D eigenvalue weighted by Gasteiger charge is -2.08. The Hall–Kier alpha value is -1.86. The van der Waals surface area contributed by atoms with Crippen molar-refractivity contribution >= 4 is 40.7 Å². The van der Waals surface area contributed by atoms with Crippen molar-refractivity contribution < 1.29 is 14.3 Å². The molecule has 7 heteroatoms. The minimum absolute atomic E-state index is 0.191. The molecule has 0 saturated heterocycles. The number of hydrogen-bond donors (Lipinski definition) is 1. The summed E-state index contributed by atoms with van der Waals surface area (Å²) in [5.41, 5.74) is 1.73. The average molecular weight is 322 g/mol. The number of benzene rings is 1. The second kappa shape index (κ2) is 7.24. The molecule has 2 rings (SSSR count). The summed E-state index contributed by atoms with van der Waals surface area (Å²) in [5.74, 6) is -0.430. The molecular weight excluding hydrogens is 308 g/mol. The van der Waals surface area contributed by atoms with Crippen LogP contribution in [0.5, 0.6) is 0 Å². The van der Waals surface area contributed by atoms with Crippen LogP contribution in [0.4, 0.5) is 5.69 Å². The van der Waals surface area contributed by atoms with Gasteiger partial charge in [-0.3, -0.25) is 4.79 Å². The molecule has 2 aromatic rings.